The van der Waals surface area contributed by atoms with E-state index in [0.717, 1.165) is 18.3 Å². The summed E-state index contributed by atoms with van der Waals surface area (Å²) in [5.41, 5.74) is 0.222. The van der Waals surface area contributed by atoms with E-state index in [4.69, 9.17) is 14.8 Å². The van der Waals surface area contributed by atoms with Crippen LogP contribution in [0.1, 0.15) is 29.3 Å². The maximum absolute atomic E-state index is 14.9. The monoisotopic (exact) mass is 565 g/mol. The Bertz CT molecular complexity index is 1020. The van der Waals surface area contributed by atoms with Gasteiger partial charge in [-0.1, -0.05) is 12.1 Å². The summed E-state index contributed by atoms with van der Waals surface area (Å²) in [5, 5.41) is 14.6. The standard InChI is InChI=1S/C20H19F3IN3O5/c1-2-13(29)10-32-25-9-11-7-14(20(30)27-31-6-5-28)19(18(23)17(11)22)26-16-4-3-12(24)8-15(16)21/h3-4,7-9,26,28H,2,5-6,10H2,1H3,(H,27,30)/b25-9+. The van der Waals surface area contributed by atoms with E-state index in [-0.39, 0.29) is 31.1 Å². The molecule has 0 unspecified atom stereocenters. The van der Waals surface area contributed by atoms with Gasteiger partial charge in [-0.25, -0.2) is 18.7 Å². The highest BCUT2D eigenvalue weighted by Gasteiger charge is 2.23. The van der Waals surface area contributed by atoms with Crippen molar-refractivity contribution in [3.8, 4) is 0 Å². The zero-order chi connectivity index (χ0) is 23.7. The van der Waals surface area contributed by atoms with Gasteiger partial charge in [0.25, 0.3) is 5.91 Å². The molecule has 0 bridgehead atoms. The molecule has 0 spiro atoms. The minimum Gasteiger partial charge on any atom is -0.394 e. The van der Waals surface area contributed by atoms with Crippen LogP contribution < -0.4 is 10.8 Å². The van der Waals surface area contributed by atoms with Crippen LogP contribution in [0.25, 0.3) is 0 Å². The molecule has 0 fully saturated rings. The summed E-state index contributed by atoms with van der Waals surface area (Å²) in [6.07, 6.45) is 1.01. The second-order valence-electron chi connectivity index (χ2n) is 6.17. The van der Waals surface area contributed by atoms with Crippen molar-refractivity contribution in [1.82, 2.24) is 5.48 Å². The number of hydrogen-bond acceptors (Lipinski definition) is 7. The average Bonchev–Trinajstić information content (AvgIpc) is 2.77. The number of anilines is 2. The molecule has 0 radical (unpaired) electrons. The number of benzene rings is 2. The fraction of sp³-hybridized carbons (Fsp3) is 0.250. The summed E-state index contributed by atoms with van der Waals surface area (Å²) in [6.45, 7) is 0.613. The van der Waals surface area contributed by atoms with E-state index in [0.29, 0.717) is 3.57 Å². The van der Waals surface area contributed by atoms with Crippen LogP contribution in [0, 0.1) is 21.0 Å². The van der Waals surface area contributed by atoms with Crippen LogP contribution in [0.2, 0.25) is 0 Å². The van der Waals surface area contributed by atoms with E-state index < -0.39 is 46.8 Å². The average molecular weight is 565 g/mol. The fourth-order valence-corrected chi connectivity index (χ4v) is 2.74. The highest BCUT2D eigenvalue weighted by atomic mass is 127. The molecule has 0 aliphatic rings. The van der Waals surface area contributed by atoms with Crippen molar-refractivity contribution >= 4 is 51.9 Å². The van der Waals surface area contributed by atoms with Gasteiger partial charge < -0.3 is 15.3 Å². The number of hydrogen-bond donors (Lipinski definition) is 3. The fourth-order valence-electron chi connectivity index (χ4n) is 2.29. The summed E-state index contributed by atoms with van der Waals surface area (Å²) in [5.74, 6) is -4.88. The summed E-state index contributed by atoms with van der Waals surface area (Å²) in [6, 6.07) is 4.93. The van der Waals surface area contributed by atoms with Crippen LogP contribution in [0.15, 0.2) is 29.4 Å². The summed E-state index contributed by atoms with van der Waals surface area (Å²) < 4.78 is 44.3. The predicted molar refractivity (Wildman–Crippen MR) is 118 cm³/mol. The van der Waals surface area contributed by atoms with Crippen molar-refractivity contribution in [3.63, 3.8) is 0 Å². The van der Waals surface area contributed by atoms with E-state index in [9.17, 15) is 22.8 Å². The number of Topliss-reactive ketones (excluding diaryl/α,β-unsaturated/α-hetero) is 1. The van der Waals surface area contributed by atoms with Gasteiger partial charge in [-0.3, -0.25) is 14.4 Å². The Morgan fingerprint density at radius 3 is 2.62 bits per heavy atom. The molecule has 0 aromatic heterocycles. The number of hydroxylamine groups is 1. The molecule has 0 saturated heterocycles. The lowest BCUT2D eigenvalue weighted by Gasteiger charge is -2.15. The maximum atomic E-state index is 14.9. The number of amides is 1. The molecule has 0 atom stereocenters. The third kappa shape index (κ3) is 6.90. The van der Waals surface area contributed by atoms with Gasteiger partial charge in [-0.05, 0) is 46.9 Å². The van der Waals surface area contributed by atoms with Crippen LogP contribution in [0.4, 0.5) is 24.5 Å². The molecule has 8 nitrogen and oxygen atoms in total. The molecule has 2 rings (SSSR count). The number of ketones is 1. The molecule has 2 aromatic rings. The molecule has 12 heteroatoms. The summed E-state index contributed by atoms with van der Waals surface area (Å²) >= 11 is 1.88. The van der Waals surface area contributed by atoms with Crippen LogP contribution >= 0.6 is 22.6 Å². The molecule has 0 aliphatic heterocycles. The number of rotatable bonds is 11. The lowest BCUT2D eigenvalue weighted by molar-refractivity contribution is -0.123. The number of carbonyl (C=O) groups is 2. The normalized spacial score (nSPS) is 10.9. The first kappa shape index (κ1) is 25.5. The van der Waals surface area contributed by atoms with Crippen LogP contribution in [0.5, 0.6) is 0 Å². The number of halogens is 4. The lowest BCUT2D eigenvalue weighted by Crippen LogP contribution is -2.26. The Hall–Kier alpha value is -2.71. The second-order valence-corrected chi connectivity index (χ2v) is 7.41. The van der Waals surface area contributed by atoms with Gasteiger partial charge in [-0.2, -0.15) is 0 Å². The SMILES string of the molecule is CCC(=O)CO/N=C/c1cc(C(=O)NOCCO)c(Nc2ccc(I)cc2F)c(F)c1F. The molecule has 1 amide bonds. The Labute approximate surface area is 194 Å². The Morgan fingerprint density at radius 2 is 1.97 bits per heavy atom. The minimum absolute atomic E-state index is 0.197. The molecule has 0 heterocycles. The number of oxime groups is 1. The van der Waals surface area contributed by atoms with E-state index in [1.807, 2.05) is 28.1 Å². The van der Waals surface area contributed by atoms with Gasteiger partial charge in [0.2, 0.25) is 0 Å². The third-order valence-electron chi connectivity index (χ3n) is 3.91. The van der Waals surface area contributed by atoms with Crippen molar-refractivity contribution in [1.29, 1.82) is 0 Å². The molecule has 3 N–H and O–H groups in total. The molecule has 0 aliphatic carbocycles. The molecule has 2 aromatic carbocycles. The predicted octanol–water partition coefficient (Wildman–Crippen LogP) is 3.44. The van der Waals surface area contributed by atoms with Crippen LogP contribution in [-0.4, -0.2) is 42.8 Å². The first-order valence-electron chi connectivity index (χ1n) is 9.22. The topological polar surface area (TPSA) is 109 Å². The van der Waals surface area contributed by atoms with Crippen molar-refractivity contribution < 1.29 is 37.5 Å². The number of carbonyl (C=O) groups excluding carboxylic acids is 2. The quantitative estimate of drug-likeness (QED) is 0.167. The number of aliphatic hydroxyl groups is 1. The maximum Gasteiger partial charge on any atom is 0.277 e. The largest absolute Gasteiger partial charge is 0.394 e. The number of aliphatic hydroxyl groups excluding tert-OH is 1. The van der Waals surface area contributed by atoms with E-state index in [1.165, 1.54) is 12.1 Å². The zero-order valence-electron chi connectivity index (χ0n) is 16.8. The van der Waals surface area contributed by atoms with Gasteiger partial charge in [0, 0.05) is 15.6 Å². The molecule has 32 heavy (non-hydrogen) atoms. The van der Waals surface area contributed by atoms with Gasteiger partial charge in [0.15, 0.2) is 24.0 Å². The Balaban J connectivity index is 2.43. The lowest BCUT2D eigenvalue weighted by atomic mass is 10.1. The Kier molecular flexibility index (Phi) is 9.87. The van der Waals surface area contributed by atoms with E-state index in [1.54, 1.807) is 6.92 Å². The highest BCUT2D eigenvalue weighted by Crippen LogP contribution is 2.30. The minimum atomic E-state index is -1.48. The molecule has 172 valence electrons. The van der Waals surface area contributed by atoms with Gasteiger partial charge in [0.05, 0.1) is 36.4 Å². The van der Waals surface area contributed by atoms with Crippen molar-refractivity contribution in [2.45, 2.75) is 13.3 Å². The molecular formula is C20H19F3IN3O5. The van der Waals surface area contributed by atoms with Gasteiger partial charge >= 0.3 is 0 Å². The van der Waals surface area contributed by atoms with Gasteiger partial charge in [0.1, 0.15) is 5.82 Å². The number of nitrogens with zero attached hydrogens (tertiary/aromatic N) is 1. The second kappa shape index (κ2) is 12.4. The van der Waals surface area contributed by atoms with E-state index >= 15 is 0 Å². The highest BCUT2D eigenvalue weighted by molar-refractivity contribution is 14.1. The molecule has 0 saturated carbocycles. The smallest absolute Gasteiger partial charge is 0.277 e. The summed E-state index contributed by atoms with van der Waals surface area (Å²) in [7, 11) is 0. The number of nitrogens with one attached hydrogen (secondary N) is 2. The van der Waals surface area contributed by atoms with Crippen LogP contribution in [0.3, 0.4) is 0 Å². The first-order valence-corrected chi connectivity index (χ1v) is 10.3. The van der Waals surface area contributed by atoms with Crippen molar-refractivity contribution in [2.75, 3.05) is 25.1 Å². The van der Waals surface area contributed by atoms with E-state index in [2.05, 4.69) is 10.5 Å². The van der Waals surface area contributed by atoms with Crippen molar-refractivity contribution in [3.05, 3.63) is 56.4 Å². The first-order chi connectivity index (χ1) is 15.3. The van der Waals surface area contributed by atoms with Crippen molar-refractivity contribution in [2.24, 2.45) is 5.16 Å². The molecular weight excluding hydrogens is 546 g/mol. The van der Waals surface area contributed by atoms with Gasteiger partial charge in [-0.15, -0.1) is 0 Å². The third-order valence-corrected chi connectivity index (χ3v) is 4.59. The zero-order valence-corrected chi connectivity index (χ0v) is 18.9. The van der Waals surface area contributed by atoms with Crippen LogP contribution in [-0.2, 0) is 14.5 Å². The summed E-state index contributed by atoms with van der Waals surface area (Å²) in [4.78, 5) is 33.2. The Morgan fingerprint density at radius 1 is 1.22 bits per heavy atom.